The van der Waals surface area contributed by atoms with Crippen LogP contribution in [0.1, 0.15) is 43.6 Å². The minimum Gasteiger partial charge on any atom is -0.448 e. The van der Waals surface area contributed by atoms with Crippen LogP contribution in [0.5, 0.6) is 0 Å². The van der Waals surface area contributed by atoms with Crippen LogP contribution >= 0.6 is 11.8 Å². The predicted molar refractivity (Wildman–Crippen MR) is 157 cm³/mol. The van der Waals surface area contributed by atoms with Gasteiger partial charge in [0, 0.05) is 18.1 Å². The summed E-state index contributed by atoms with van der Waals surface area (Å²) in [5.41, 5.74) is 2.63. The smallest absolute Gasteiger partial charge is 0.408 e. The first-order chi connectivity index (χ1) is 19.7. The molecule has 0 radical (unpaired) electrons. The first kappa shape index (κ1) is 28.2. The van der Waals surface area contributed by atoms with E-state index in [2.05, 4.69) is 10.3 Å². The molecule has 1 fully saturated rings. The number of β-lactam (4-membered cyclic amide) rings is 1. The topological polar surface area (TPSA) is 97.8 Å². The van der Waals surface area contributed by atoms with Gasteiger partial charge in [-0.1, -0.05) is 72.8 Å². The second-order valence-electron chi connectivity index (χ2n) is 10.6. The summed E-state index contributed by atoms with van der Waals surface area (Å²) < 4.78 is 11.5. The fourth-order valence-corrected chi connectivity index (χ4v) is 5.93. The van der Waals surface area contributed by atoms with Crippen molar-refractivity contribution in [3.05, 3.63) is 119 Å². The number of ether oxygens (including phenoxy) is 2. The summed E-state index contributed by atoms with van der Waals surface area (Å²) in [5, 5.41) is 2.20. The van der Waals surface area contributed by atoms with Crippen molar-refractivity contribution in [2.45, 2.75) is 43.9 Å². The molecule has 2 aliphatic rings. The van der Waals surface area contributed by atoms with E-state index in [4.69, 9.17) is 9.47 Å². The van der Waals surface area contributed by atoms with Gasteiger partial charge in [0.05, 0.1) is 0 Å². The Hall–Kier alpha value is -4.37. The number of alkyl carbamates (subject to hydrolysis) is 1. The van der Waals surface area contributed by atoms with Crippen molar-refractivity contribution < 1.29 is 23.9 Å². The quantitative estimate of drug-likeness (QED) is 0.297. The number of benzene rings is 2. The molecule has 2 atom stereocenters. The molecule has 2 amide bonds. The molecular weight excluding hydrogens is 538 g/mol. The normalized spacial score (nSPS) is 18.6. The molecule has 41 heavy (non-hydrogen) atoms. The average molecular weight is 570 g/mol. The third-order valence-electron chi connectivity index (χ3n) is 6.48. The molecule has 0 spiro atoms. The maximum absolute atomic E-state index is 14.0. The molecule has 0 unspecified atom stereocenters. The number of rotatable bonds is 7. The minimum atomic E-state index is -0.817. The number of hydrogen-bond acceptors (Lipinski definition) is 7. The van der Waals surface area contributed by atoms with E-state index < -0.39 is 41.1 Å². The number of amides is 2. The summed E-state index contributed by atoms with van der Waals surface area (Å²) in [7, 11) is 0. The Morgan fingerprint density at radius 1 is 0.976 bits per heavy atom. The van der Waals surface area contributed by atoms with Crippen molar-refractivity contribution in [2.75, 3.05) is 5.75 Å². The van der Waals surface area contributed by atoms with Crippen LogP contribution in [0.25, 0.3) is 6.08 Å². The highest BCUT2D eigenvalue weighted by Gasteiger charge is 2.54. The van der Waals surface area contributed by atoms with Crippen LogP contribution in [-0.2, 0) is 19.1 Å². The number of fused-ring (bicyclic) bond motifs is 1. The van der Waals surface area contributed by atoms with Gasteiger partial charge in [0.1, 0.15) is 22.7 Å². The van der Waals surface area contributed by atoms with Gasteiger partial charge < -0.3 is 14.8 Å². The van der Waals surface area contributed by atoms with Gasteiger partial charge in [-0.05, 0) is 55.2 Å². The average Bonchev–Trinajstić information content (AvgIpc) is 2.97. The number of esters is 1. The number of carbonyl (C=O) groups is 3. The molecule has 2 aliphatic heterocycles. The van der Waals surface area contributed by atoms with Crippen molar-refractivity contribution in [1.82, 2.24) is 15.2 Å². The molecule has 8 nitrogen and oxygen atoms in total. The van der Waals surface area contributed by atoms with Gasteiger partial charge in [0.2, 0.25) is 0 Å². The third kappa shape index (κ3) is 6.52. The number of allylic oxidation sites excluding steroid dienone is 1. The van der Waals surface area contributed by atoms with E-state index in [1.165, 1.54) is 16.7 Å². The molecule has 2 aromatic carbocycles. The molecule has 3 aromatic rings. The second kappa shape index (κ2) is 12.0. The maximum atomic E-state index is 14.0. The monoisotopic (exact) mass is 569 g/mol. The highest BCUT2D eigenvalue weighted by atomic mass is 32.2. The zero-order chi connectivity index (χ0) is 29.0. The van der Waals surface area contributed by atoms with Crippen LogP contribution in [-0.4, -0.2) is 50.6 Å². The van der Waals surface area contributed by atoms with Crippen LogP contribution in [0.4, 0.5) is 4.79 Å². The second-order valence-corrected chi connectivity index (χ2v) is 11.7. The Kier molecular flexibility index (Phi) is 8.26. The molecule has 0 bridgehead atoms. The van der Waals surface area contributed by atoms with Gasteiger partial charge in [0.15, 0.2) is 6.10 Å². The molecule has 1 aromatic heterocycles. The number of thioether (sulfide) groups is 1. The molecule has 9 heteroatoms. The van der Waals surface area contributed by atoms with Gasteiger partial charge in [0.25, 0.3) is 5.91 Å². The van der Waals surface area contributed by atoms with Crippen molar-refractivity contribution in [2.24, 2.45) is 0 Å². The Balaban J connectivity index is 1.47. The van der Waals surface area contributed by atoms with Gasteiger partial charge in [-0.15, -0.1) is 11.8 Å². The van der Waals surface area contributed by atoms with Crippen molar-refractivity contribution >= 4 is 35.8 Å². The summed E-state index contributed by atoms with van der Waals surface area (Å²) in [6.07, 6.45) is 5.72. The number of pyridine rings is 1. The Morgan fingerprint density at radius 3 is 2.17 bits per heavy atom. The SMILES string of the molecule is CC(C)(C)OC(=O)N[C@@H]1C(=O)N2C(C(=O)OC(c3ccccc3)c3ccccc3)=C(/C=C\c3ccncc3)CS[C@H]12. The summed E-state index contributed by atoms with van der Waals surface area (Å²) >= 11 is 1.47. The lowest BCUT2D eigenvalue weighted by atomic mass is 10.0. The van der Waals surface area contributed by atoms with Crippen LogP contribution < -0.4 is 5.32 Å². The Morgan fingerprint density at radius 2 is 1.59 bits per heavy atom. The summed E-state index contributed by atoms with van der Waals surface area (Å²) in [6, 6.07) is 21.8. The number of hydrogen-bond donors (Lipinski definition) is 1. The summed E-state index contributed by atoms with van der Waals surface area (Å²) in [5.74, 6) is -0.578. The highest BCUT2D eigenvalue weighted by Crippen LogP contribution is 2.42. The molecule has 1 N–H and O–H groups in total. The zero-order valence-electron chi connectivity index (χ0n) is 23.0. The van der Waals surface area contributed by atoms with Crippen molar-refractivity contribution in [3.63, 3.8) is 0 Å². The standard InChI is InChI=1S/C32H31N3O5S/c1-32(2,3)40-31(38)34-25-28(36)35-26(24(20-41-29(25)35)15-14-21-16-18-33-19-17-21)30(37)39-27(22-10-6-4-7-11-22)23-12-8-5-9-13-23/h4-19,25,27,29H,20H2,1-3H3,(H,34,38)/b15-14-/t25-,29-/m1/s1. The van der Waals surface area contributed by atoms with E-state index in [1.807, 2.05) is 84.9 Å². The third-order valence-corrected chi connectivity index (χ3v) is 7.78. The van der Waals surface area contributed by atoms with E-state index in [-0.39, 0.29) is 5.70 Å². The summed E-state index contributed by atoms with van der Waals surface area (Å²) in [6.45, 7) is 5.26. The van der Waals surface area contributed by atoms with Crippen molar-refractivity contribution in [3.8, 4) is 0 Å². The molecule has 210 valence electrons. The minimum absolute atomic E-state index is 0.170. The predicted octanol–water partition coefficient (Wildman–Crippen LogP) is 5.49. The molecule has 0 saturated carbocycles. The number of aromatic nitrogens is 1. The van der Waals surface area contributed by atoms with Gasteiger partial charge in [-0.25, -0.2) is 9.59 Å². The lowest BCUT2D eigenvalue weighted by molar-refractivity contribution is -0.153. The lowest BCUT2D eigenvalue weighted by Gasteiger charge is -2.49. The fourth-order valence-electron chi connectivity index (χ4n) is 4.61. The van der Waals surface area contributed by atoms with E-state index in [0.29, 0.717) is 11.3 Å². The van der Waals surface area contributed by atoms with Crippen LogP contribution in [0.3, 0.4) is 0 Å². The van der Waals surface area contributed by atoms with Crippen LogP contribution in [0, 0.1) is 0 Å². The molecule has 3 heterocycles. The zero-order valence-corrected chi connectivity index (χ0v) is 23.8. The largest absolute Gasteiger partial charge is 0.448 e. The first-order valence-electron chi connectivity index (χ1n) is 13.3. The van der Waals surface area contributed by atoms with E-state index in [0.717, 1.165) is 16.7 Å². The number of nitrogens with one attached hydrogen (secondary N) is 1. The molecule has 0 aliphatic carbocycles. The van der Waals surface area contributed by atoms with E-state index in [1.54, 1.807) is 33.2 Å². The van der Waals surface area contributed by atoms with Crippen LogP contribution in [0.15, 0.2) is 103 Å². The maximum Gasteiger partial charge on any atom is 0.408 e. The highest BCUT2D eigenvalue weighted by molar-refractivity contribution is 8.00. The van der Waals surface area contributed by atoms with E-state index >= 15 is 0 Å². The molecule has 5 rings (SSSR count). The van der Waals surface area contributed by atoms with E-state index in [9.17, 15) is 14.4 Å². The van der Waals surface area contributed by atoms with Gasteiger partial charge in [-0.2, -0.15) is 0 Å². The van der Waals surface area contributed by atoms with Crippen molar-refractivity contribution in [1.29, 1.82) is 0 Å². The summed E-state index contributed by atoms with van der Waals surface area (Å²) in [4.78, 5) is 45.3. The molecular formula is C32H31N3O5S. The molecule has 1 saturated heterocycles. The number of nitrogens with zero attached hydrogens (tertiary/aromatic N) is 2. The lowest BCUT2D eigenvalue weighted by Crippen LogP contribution is -2.70. The first-order valence-corrected chi connectivity index (χ1v) is 14.3. The number of carbonyl (C=O) groups excluding carboxylic acids is 3. The fraction of sp³-hybridized carbons (Fsp3) is 0.250. The Labute approximate surface area is 243 Å². The van der Waals surface area contributed by atoms with Gasteiger partial charge in [-0.3, -0.25) is 14.7 Å². The van der Waals surface area contributed by atoms with Crippen LogP contribution in [0.2, 0.25) is 0 Å². The van der Waals surface area contributed by atoms with Gasteiger partial charge >= 0.3 is 12.1 Å². The Bertz CT molecular complexity index is 1430.